The predicted octanol–water partition coefficient (Wildman–Crippen LogP) is 10.7. The van der Waals surface area contributed by atoms with Gasteiger partial charge >= 0.3 is 0 Å². The molecule has 0 aliphatic carbocycles. The highest BCUT2D eigenvalue weighted by molar-refractivity contribution is 5.57. The standard InChI is InChI=1S/C34H56N2O2/c1-3-5-7-9-11-13-15-17-19-21-27-37-31-23-25-35-33(29-31)34-30-32(24-26-36-34)38-28-22-20-18-16-14-12-10-8-6-4-2/h23-26,29-30H,3-22,27-28H2,1-2H3. The Hall–Kier alpha value is -2.10. The summed E-state index contributed by atoms with van der Waals surface area (Å²) in [6, 6.07) is 7.85. The first kappa shape index (κ1) is 32.1. The summed E-state index contributed by atoms with van der Waals surface area (Å²) in [5.74, 6) is 1.73. The van der Waals surface area contributed by atoms with Crippen molar-refractivity contribution in [2.75, 3.05) is 13.2 Å². The molecule has 4 nitrogen and oxygen atoms in total. The minimum atomic E-state index is 0.759. The molecule has 0 unspecified atom stereocenters. The molecule has 2 heterocycles. The van der Waals surface area contributed by atoms with Crippen molar-refractivity contribution >= 4 is 0 Å². The summed E-state index contributed by atoms with van der Waals surface area (Å²) in [6.45, 7) is 6.07. The Bertz CT molecular complexity index is 743. The highest BCUT2D eigenvalue weighted by Crippen LogP contribution is 2.23. The molecule has 38 heavy (non-hydrogen) atoms. The summed E-state index contributed by atoms with van der Waals surface area (Å²) in [7, 11) is 0. The van der Waals surface area contributed by atoms with E-state index in [1.165, 1.54) is 116 Å². The van der Waals surface area contributed by atoms with E-state index in [0.717, 1.165) is 48.9 Å². The Balaban J connectivity index is 1.58. The first-order valence-corrected chi connectivity index (χ1v) is 16.0. The molecule has 214 valence electrons. The number of unbranched alkanes of at least 4 members (excludes halogenated alkanes) is 18. The van der Waals surface area contributed by atoms with Crippen molar-refractivity contribution in [2.24, 2.45) is 0 Å². The number of pyridine rings is 2. The largest absolute Gasteiger partial charge is 0.493 e. The van der Waals surface area contributed by atoms with Gasteiger partial charge in [-0.25, -0.2) is 0 Å². The summed E-state index contributed by atoms with van der Waals surface area (Å²) in [6.07, 6.45) is 30.3. The number of rotatable bonds is 25. The van der Waals surface area contributed by atoms with Gasteiger partial charge in [0, 0.05) is 24.5 Å². The maximum atomic E-state index is 6.02. The first-order valence-electron chi connectivity index (χ1n) is 16.0. The van der Waals surface area contributed by atoms with Crippen LogP contribution in [0, 0.1) is 0 Å². The van der Waals surface area contributed by atoms with E-state index >= 15 is 0 Å². The van der Waals surface area contributed by atoms with Crippen LogP contribution in [0.5, 0.6) is 11.5 Å². The molecule has 0 fully saturated rings. The van der Waals surface area contributed by atoms with Crippen molar-refractivity contribution in [3.63, 3.8) is 0 Å². The van der Waals surface area contributed by atoms with Gasteiger partial charge in [0.25, 0.3) is 0 Å². The summed E-state index contributed by atoms with van der Waals surface area (Å²) in [5.41, 5.74) is 1.66. The van der Waals surface area contributed by atoms with Crippen molar-refractivity contribution in [1.82, 2.24) is 9.97 Å². The van der Waals surface area contributed by atoms with Crippen molar-refractivity contribution in [2.45, 2.75) is 142 Å². The summed E-state index contributed by atoms with van der Waals surface area (Å²) in [4.78, 5) is 9.04. The van der Waals surface area contributed by atoms with E-state index in [9.17, 15) is 0 Å². The van der Waals surface area contributed by atoms with Crippen molar-refractivity contribution < 1.29 is 9.47 Å². The fraction of sp³-hybridized carbons (Fsp3) is 0.706. The number of hydrogen-bond acceptors (Lipinski definition) is 4. The van der Waals surface area contributed by atoms with Gasteiger partial charge in [-0.2, -0.15) is 0 Å². The summed E-state index contributed by atoms with van der Waals surface area (Å²) in [5, 5.41) is 0. The van der Waals surface area contributed by atoms with Gasteiger partial charge in [0.2, 0.25) is 0 Å². The minimum absolute atomic E-state index is 0.759. The van der Waals surface area contributed by atoms with E-state index in [1.807, 2.05) is 36.7 Å². The third-order valence-electron chi connectivity index (χ3n) is 7.26. The van der Waals surface area contributed by atoms with Crippen molar-refractivity contribution in [3.8, 4) is 22.9 Å². The average Bonchev–Trinajstić information content (AvgIpc) is 2.95. The predicted molar refractivity (Wildman–Crippen MR) is 162 cm³/mol. The molecule has 0 saturated carbocycles. The molecular weight excluding hydrogens is 468 g/mol. The molecule has 0 atom stereocenters. The molecule has 0 amide bonds. The van der Waals surface area contributed by atoms with Crippen molar-refractivity contribution in [3.05, 3.63) is 36.7 Å². The Kier molecular flexibility index (Phi) is 19.3. The minimum Gasteiger partial charge on any atom is -0.493 e. The van der Waals surface area contributed by atoms with Crippen LogP contribution in [-0.4, -0.2) is 23.2 Å². The quantitative estimate of drug-likeness (QED) is 0.121. The van der Waals surface area contributed by atoms with E-state index < -0.39 is 0 Å². The third kappa shape index (κ3) is 16.0. The van der Waals surface area contributed by atoms with Crippen LogP contribution in [0.15, 0.2) is 36.7 Å². The molecule has 0 aliphatic rings. The number of nitrogens with zero attached hydrogens (tertiary/aromatic N) is 2. The fourth-order valence-electron chi connectivity index (χ4n) is 4.84. The van der Waals surface area contributed by atoms with E-state index in [-0.39, 0.29) is 0 Å². The molecule has 2 aromatic heterocycles. The highest BCUT2D eigenvalue weighted by atomic mass is 16.5. The molecule has 0 spiro atoms. The van der Waals surface area contributed by atoms with Crippen LogP contribution in [0.25, 0.3) is 11.4 Å². The maximum Gasteiger partial charge on any atom is 0.123 e. The normalized spacial score (nSPS) is 11.1. The zero-order valence-electron chi connectivity index (χ0n) is 24.7. The van der Waals surface area contributed by atoms with Gasteiger partial charge in [-0.1, -0.05) is 129 Å². The third-order valence-corrected chi connectivity index (χ3v) is 7.26. The Morgan fingerprint density at radius 1 is 0.447 bits per heavy atom. The Labute approximate surface area is 234 Å². The molecule has 0 N–H and O–H groups in total. The molecule has 0 saturated heterocycles. The second kappa shape index (κ2) is 22.8. The maximum absolute atomic E-state index is 6.02. The van der Waals surface area contributed by atoms with Crippen LogP contribution < -0.4 is 9.47 Å². The lowest BCUT2D eigenvalue weighted by Crippen LogP contribution is -1.99. The molecule has 0 aliphatic heterocycles. The molecule has 4 heteroatoms. The monoisotopic (exact) mass is 524 g/mol. The summed E-state index contributed by atoms with van der Waals surface area (Å²) < 4.78 is 12.0. The van der Waals surface area contributed by atoms with Crippen LogP contribution in [0.3, 0.4) is 0 Å². The molecule has 0 radical (unpaired) electrons. The van der Waals surface area contributed by atoms with Crippen LogP contribution in [0.4, 0.5) is 0 Å². The van der Waals surface area contributed by atoms with Gasteiger partial charge in [-0.15, -0.1) is 0 Å². The van der Waals surface area contributed by atoms with Crippen LogP contribution >= 0.6 is 0 Å². The first-order chi connectivity index (χ1) is 18.8. The van der Waals surface area contributed by atoms with Crippen LogP contribution in [0.2, 0.25) is 0 Å². The zero-order chi connectivity index (χ0) is 26.9. The van der Waals surface area contributed by atoms with Crippen LogP contribution in [0.1, 0.15) is 142 Å². The number of ether oxygens (including phenoxy) is 2. The highest BCUT2D eigenvalue weighted by Gasteiger charge is 2.06. The zero-order valence-corrected chi connectivity index (χ0v) is 24.7. The van der Waals surface area contributed by atoms with Gasteiger partial charge in [-0.05, 0) is 25.0 Å². The summed E-state index contributed by atoms with van der Waals surface area (Å²) >= 11 is 0. The van der Waals surface area contributed by atoms with Gasteiger partial charge < -0.3 is 9.47 Å². The molecule has 0 bridgehead atoms. The lowest BCUT2D eigenvalue weighted by Gasteiger charge is -2.09. The molecule has 0 aromatic carbocycles. The second-order valence-electron chi connectivity index (χ2n) is 10.8. The lowest BCUT2D eigenvalue weighted by atomic mass is 10.1. The second-order valence-corrected chi connectivity index (χ2v) is 10.8. The molecular formula is C34H56N2O2. The van der Waals surface area contributed by atoms with Gasteiger partial charge in [-0.3, -0.25) is 9.97 Å². The SMILES string of the molecule is CCCCCCCCCCCCOc1ccnc(-c2cc(OCCCCCCCCCCCC)ccn2)c1. The Morgan fingerprint density at radius 3 is 1.11 bits per heavy atom. The van der Waals surface area contributed by atoms with E-state index in [0.29, 0.717) is 0 Å². The van der Waals surface area contributed by atoms with E-state index in [1.54, 1.807) is 0 Å². The lowest BCUT2D eigenvalue weighted by molar-refractivity contribution is 0.303. The average molecular weight is 525 g/mol. The van der Waals surface area contributed by atoms with Gasteiger partial charge in [0.1, 0.15) is 11.5 Å². The number of aromatic nitrogens is 2. The molecule has 2 rings (SSSR count). The van der Waals surface area contributed by atoms with Gasteiger partial charge in [0.15, 0.2) is 0 Å². The Morgan fingerprint density at radius 2 is 0.763 bits per heavy atom. The van der Waals surface area contributed by atoms with Crippen LogP contribution in [-0.2, 0) is 0 Å². The van der Waals surface area contributed by atoms with Gasteiger partial charge in [0.05, 0.1) is 24.6 Å². The number of hydrogen-bond donors (Lipinski definition) is 0. The smallest absolute Gasteiger partial charge is 0.123 e. The topological polar surface area (TPSA) is 44.2 Å². The van der Waals surface area contributed by atoms with E-state index in [2.05, 4.69) is 23.8 Å². The van der Waals surface area contributed by atoms with Crippen molar-refractivity contribution in [1.29, 1.82) is 0 Å². The fourth-order valence-corrected chi connectivity index (χ4v) is 4.84. The molecule has 2 aromatic rings. The van der Waals surface area contributed by atoms with E-state index in [4.69, 9.17) is 9.47 Å².